The highest BCUT2D eigenvalue weighted by molar-refractivity contribution is 5.77. The molecular formula is C21H29N5O2. The zero-order valence-electron chi connectivity index (χ0n) is 16.4. The second-order valence-electron chi connectivity index (χ2n) is 7.97. The van der Waals surface area contributed by atoms with Crippen LogP contribution in [0.1, 0.15) is 50.8 Å². The van der Waals surface area contributed by atoms with Crippen molar-refractivity contribution < 1.29 is 4.79 Å². The van der Waals surface area contributed by atoms with Gasteiger partial charge in [-0.25, -0.2) is 4.98 Å². The van der Waals surface area contributed by atoms with Gasteiger partial charge >= 0.3 is 0 Å². The van der Waals surface area contributed by atoms with E-state index in [2.05, 4.69) is 19.9 Å². The topological polar surface area (TPSA) is 82.2 Å². The highest BCUT2D eigenvalue weighted by atomic mass is 16.2. The Morgan fingerprint density at radius 1 is 1.11 bits per heavy atom. The number of amides is 1. The van der Waals surface area contributed by atoms with E-state index >= 15 is 0 Å². The number of nitrogens with one attached hydrogen (secondary N) is 1. The van der Waals surface area contributed by atoms with Gasteiger partial charge in [-0.3, -0.25) is 19.5 Å². The molecule has 0 atom stereocenters. The molecule has 0 unspecified atom stereocenters. The Hall–Kier alpha value is -2.28. The summed E-state index contributed by atoms with van der Waals surface area (Å²) in [5.41, 5.74) is 0.427. The number of hydrogen-bond acceptors (Lipinski definition) is 5. The standard InChI is InChI=1S/C21H29N5O2/c27-20(8-7-19-23-18-9-10-22-15-17(18)21(28)24-19)26-13-11-25(12-14-26)16-5-3-1-2-4-6-16/h9-10,15-16H,1-8,11-14H2,(H,23,24,28). The Balaban J connectivity index is 1.29. The first-order chi connectivity index (χ1) is 13.7. The lowest BCUT2D eigenvalue weighted by molar-refractivity contribution is -0.133. The van der Waals surface area contributed by atoms with Crippen LogP contribution in [0, 0.1) is 0 Å². The first-order valence-corrected chi connectivity index (χ1v) is 10.6. The van der Waals surface area contributed by atoms with Crippen LogP contribution in [0.15, 0.2) is 23.3 Å². The Labute approximate surface area is 165 Å². The molecule has 0 spiro atoms. The Kier molecular flexibility index (Phi) is 6.00. The van der Waals surface area contributed by atoms with Crippen LogP contribution in [-0.2, 0) is 11.2 Å². The second kappa shape index (κ2) is 8.82. The van der Waals surface area contributed by atoms with Crippen LogP contribution in [-0.4, -0.2) is 62.9 Å². The van der Waals surface area contributed by atoms with Gasteiger partial charge in [0.2, 0.25) is 5.91 Å². The van der Waals surface area contributed by atoms with Crippen LogP contribution in [0.4, 0.5) is 0 Å². The molecule has 28 heavy (non-hydrogen) atoms. The van der Waals surface area contributed by atoms with Crippen LogP contribution in [0.2, 0.25) is 0 Å². The minimum atomic E-state index is -0.197. The maximum Gasteiger partial charge on any atom is 0.260 e. The first kappa shape index (κ1) is 19.1. The Bertz CT molecular complexity index is 864. The summed E-state index contributed by atoms with van der Waals surface area (Å²) in [6, 6.07) is 2.43. The van der Waals surface area contributed by atoms with Gasteiger partial charge in [0.25, 0.3) is 5.56 Å². The van der Waals surface area contributed by atoms with Gasteiger partial charge in [-0.1, -0.05) is 25.7 Å². The molecule has 1 saturated carbocycles. The van der Waals surface area contributed by atoms with Crippen molar-refractivity contribution in [2.24, 2.45) is 0 Å². The number of fused-ring (bicyclic) bond motifs is 1. The molecule has 2 aliphatic rings. The molecule has 4 rings (SSSR count). The van der Waals surface area contributed by atoms with Crippen LogP contribution in [0.3, 0.4) is 0 Å². The summed E-state index contributed by atoms with van der Waals surface area (Å²) < 4.78 is 0. The summed E-state index contributed by atoms with van der Waals surface area (Å²) in [6.45, 7) is 3.58. The van der Waals surface area contributed by atoms with Crippen molar-refractivity contribution in [2.75, 3.05) is 26.2 Å². The van der Waals surface area contributed by atoms with E-state index in [9.17, 15) is 9.59 Å². The Morgan fingerprint density at radius 3 is 2.61 bits per heavy atom. The molecule has 7 heteroatoms. The summed E-state index contributed by atoms with van der Waals surface area (Å²) in [7, 11) is 0. The highest BCUT2D eigenvalue weighted by Crippen LogP contribution is 2.23. The maximum atomic E-state index is 12.6. The largest absolute Gasteiger partial charge is 0.340 e. The van der Waals surface area contributed by atoms with E-state index < -0.39 is 0 Å². The lowest BCUT2D eigenvalue weighted by Gasteiger charge is -2.39. The summed E-state index contributed by atoms with van der Waals surface area (Å²) in [6.07, 6.45) is 12.0. The normalized spacial score (nSPS) is 19.6. The summed E-state index contributed by atoms with van der Waals surface area (Å²) in [5.74, 6) is 0.715. The third-order valence-electron chi connectivity index (χ3n) is 6.14. The number of aromatic nitrogens is 3. The van der Waals surface area contributed by atoms with E-state index in [-0.39, 0.29) is 11.5 Å². The van der Waals surface area contributed by atoms with Crippen LogP contribution in [0.5, 0.6) is 0 Å². The fraction of sp³-hybridized carbons (Fsp3) is 0.619. The van der Waals surface area contributed by atoms with E-state index in [0.29, 0.717) is 35.6 Å². The van der Waals surface area contributed by atoms with E-state index in [1.807, 2.05) is 4.90 Å². The number of rotatable bonds is 4. The average Bonchev–Trinajstić information content (AvgIpc) is 3.02. The summed E-state index contributed by atoms with van der Waals surface area (Å²) >= 11 is 0. The quantitative estimate of drug-likeness (QED) is 0.818. The number of aryl methyl sites for hydroxylation is 1. The highest BCUT2D eigenvalue weighted by Gasteiger charge is 2.26. The molecule has 150 valence electrons. The molecule has 0 radical (unpaired) electrons. The van der Waals surface area contributed by atoms with Gasteiger partial charge in [0.15, 0.2) is 0 Å². The number of pyridine rings is 1. The molecule has 7 nitrogen and oxygen atoms in total. The van der Waals surface area contributed by atoms with Gasteiger partial charge in [-0.2, -0.15) is 0 Å². The van der Waals surface area contributed by atoms with E-state index in [4.69, 9.17) is 0 Å². The molecule has 1 N–H and O–H groups in total. The fourth-order valence-corrected chi connectivity index (χ4v) is 4.49. The third-order valence-corrected chi connectivity index (χ3v) is 6.14. The van der Waals surface area contributed by atoms with Gasteiger partial charge in [0, 0.05) is 57.5 Å². The molecule has 3 heterocycles. The number of aromatic amines is 1. The van der Waals surface area contributed by atoms with Crippen molar-refractivity contribution in [3.8, 4) is 0 Å². The second-order valence-corrected chi connectivity index (χ2v) is 7.97. The summed E-state index contributed by atoms with van der Waals surface area (Å²) in [4.78, 5) is 40.5. The number of carbonyl (C=O) groups excluding carboxylic acids is 1. The molecular weight excluding hydrogens is 354 g/mol. The SMILES string of the molecule is O=C(CCc1nc2ccncc2c(=O)[nH]1)N1CCN(C2CCCCCC2)CC1. The first-order valence-electron chi connectivity index (χ1n) is 10.6. The van der Waals surface area contributed by atoms with E-state index in [0.717, 1.165) is 26.2 Å². The fourth-order valence-electron chi connectivity index (χ4n) is 4.49. The number of hydrogen-bond donors (Lipinski definition) is 1. The molecule has 1 amide bonds. The molecule has 1 aliphatic heterocycles. The minimum absolute atomic E-state index is 0.151. The van der Waals surface area contributed by atoms with Gasteiger partial charge in [-0.15, -0.1) is 0 Å². The van der Waals surface area contributed by atoms with Crippen LogP contribution < -0.4 is 5.56 Å². The zero-order chi connectivity index (χ0) is 19.3. The molecule has 1 aliphatic carbocycles. The Morgan fingerprint density at radius 2 is 1.86 bits per heavy atom. The molecule has 2 aromatic heterocycles. The minimum Gasteiger partial charge on any atom is -0.340 e. The number of nitrogens with zero attached hydrogens (tertiary/aromatic N) is 4. The van der Waals surface area contributed by atoms with Crippen molar-refractivity contribution in [1.29, 1.82) is 0 Å². The number of carbonyl (C=O) groups is 1. The summed E-state index contributed by atoms with van der Waals surface area (Å²) in [5, 5.41) is 0.479. The van der Waals surface area contributed by atoms with Crippen molar-refractivity contribution in [2.45, 2.75) is 57.4 Å². The van der Waals surface area contributed by atoms with Crippen molar-refractivity contribution in [1.82, 2.24) is 24.8 Å². The lowest BCUT2D eigenvalue weighted by Crippen LogP contribution is -2.51. The van der Waals surface area contributed by atoms with Crippen molar-refractivity contribution in [3.05, 3.63) is 34.6 Å². The van der Waals surface area contributed by atoms with Gasteiger partial charge in [0.05, 0.1) is 10.9 Å². The van der Waals surface area contributed by atoms with E-state index in [1.165, 1.54) is 44.7 Å². The zero-order valence-corrected chi connectivity index (χ0v) is 16.4. The lowest BCUT2D eigenvalue weighted by atomic mass is 10.1. The van der Waals surface area contributed by atoms with Gasteiger partial charge < -0.3 is 9.88 Å². The third kappa shape index (κ3) is 4.41. The van der Waals surface area contributed by atoms with Gasteiger partial charge in [0.1, 0.15) is 5.82 Å². The number of piperazine rings is 1. The van der Waals surface area contributed by atoms with Crippen LogP contribution >= 0.6 is 0 Å². The molecule has 1 saturated heterocycles. The van der Waals surface area contributed by atoms with Gasteiger partial charge in [-0.05, 0) is 18.9 Å². The predicted molar refractivity (Wildman–Crippen MR) is 108 cm³/mol. The predicted octanol–water partition coefficient (Wildman–Crippen LogP) is 2.12. The molecule has 0 bridgehead atoms. The van der Waals surface area contributed by atoms with E-state index in [1.54, 1.807) is 12.3 Å². The molecule has 2 aromatic rings. The molecule has 2 fully saturated rings. The number of H-pyrrole nitrogens is 1. The maximum absolute atomic E-state index is 12.6. The average molecular weight is 383 g/mol. The van der Waals surface area contributed by atoms with Crippen molar-refractivity contribution >= 4 is 16.8 Å². The van der Waals surface area contributed by atoms with Crippen LogP contribution in [0.25, 0.3) is 10.9 Å². The smallest absolute Gasteiger partial charge is 0.260 e. The molecule has 0 aromatic carbocycles. The van der Waals surface area contributed by atoms with Crippen molar-refractivity contribution in [3.63, 3.8) is 0 Å². The monoisotopic (exact) mass is 383 g/mol.